The van der Waals surface area contributed by atoms with Crippen molar-refractivity contribution in [1.82, 2.24) is 9.78 Å². The van der Waals surface area contributed by atoms with Crippen LogP contribution in [0.25, 0.3) is 5.69 Å². The first kappa shape index (κ1) is 9.33. The third kappa shape index (κ3) is 1.54. The summed E-state index contributed by atoms with van der Waals surface area (Å²) in [5.74, 6) is 0.655. The maximum atomic E-state index is 10.7. The highest BCUT2D eigenvalue weighted by Crippen LogP contribution is 2.40. The Morgan fingerprint density at radius 2 is 2.19 bits per heavy atom. The molecule has 0 radical (unpaired) electrons. The van der Waals surface area contributed by atoms with Crippen LogP contribution in [0.2, 0.25) is 0 Å². The summed E-state index contributed by atoms with van der Waals surface area (Å²) in [6.45, 7) is 0. The number of benzene rings is 1. The van der Waals surface area contributed by atoms with Crippen molar-refractivity contribution < 1.29 is 4.79 Å². The van der Waals surface area contributed by atoms with E-state index in [4.69, 9.17) is 0 Å². The first-order valence-corrected chi connectivity index (χ1v) is 5.48. The van der Waals surface area contributed by atoms with Gasteiger partial charge in [0.15, 0.2) is 0 Å². The van der Waals surface area contributed by atoms with Gasteiger partial charge in [-0.25, -0.2) is 4.68 Å². The van der Waals surface area contributed by atoms with Gasteiger partial charge in [-0.15, -0.1) is 0 Å². The van der Waals surface area contributed by atoms with Gasteiger partial charge < -0.3 is 0 Å². The SMILES string of the molecule is O=Cc1cccc(-n2nccc2C2CC2)c1. The summed E-state index contributed by atoms with van der Waals surface area (Å²) in [5, 5.41) is 4.32. The number of hydrogen-bond acceptors (Lipinski definition) is 2. The predicted octanol–water partition coefficient (Wildman–Crippen LogP) is 2.56. The van der Waals surface area contributed by atoms with Gasteiger partial charge in [0.1, 0.15) is 6.29 Å². The average Bonchev–Trinajstić information content (AvgIpc) is 3.07. The molecule has 3 rings (SSSR count). The van der Waals surface area contributed by atoms with Crippen molar-refractivity contribution in [2.45, 2.75) is 18.8 Å². The number of carbonyl (C=O) groups is 1. The molecule has 1 saturated carbocycles. The second-order valence-electron chi connectivity index (χ2n) is 4.15. The largest absolute Gasteiger partial charge is 0.298 e. The molecular formula is C13H12N2O. The summed E-state index contributed by atoms with van der Waals surface area (Å²) >= 11 is 0. The molecule has 1 aliphatic carbocycles. The molecule has 0 spiro atoms. The zero-order chi connectivity index (χ0) is 11.0. The number of rotatable bonds is 3. The lowest BCUT2D eigenvalue weighted by atomic mass is 10.2. The van der Waals surface area contributed by atoms with Gasteiger partial charge in [-0.1, -0.05) is 12.1 Å². The number of carbonyl (C=O) groups excluding carboxylic acids is 1. The maximum Gasteiger partial charge on any atom is 0.150 e. The van der Waals surface area contributed by atoms with Crippen LogP contribution in [0, 0.1) is 0 Å². The highest BCUT2D eigenvalue weighted by molar-refractivity contribution is 5.75. The Balaban J connectivity index is 2.06. The van der Waals surface area contributed by atoms with E-state index in [2.05, 4.69) is 11.2 Å². The van der Waals surface area contributed by atoms with E-state index in [1.165, 1.54) is 18.5 Å². The molecule has 0 bridgehead atoms. The van der Waals surface area contributed by atoms with Crippen LogP contribution in [0.5, 0.6) is 0 Å². The molecule has 1 aromatic carbocycles. The molecule has 0 aliphatic heterocycles. The van der Waals surface area contributed by atoms with Crippen molar-refractivity contribution >= 4 is 6.29 Å². The van der Waals surface area contributed by atoms with E-state index in [1.807, 2.05) is 29.1 Å². The van der Waals surface area contributed by atoms with E-state index in [0.717, 1.165) is 12.0 Å². The quantitative estimate of drug-likeness (QED) is 0.733. The van der Waals surface area contributed by atoms with Gasteiger partial charge in [-0.3, -0.25) is 4.79 Å². The van der Waals surface area contributed by atoms with Crippen LogP contribution < -0.4 is 0 Å². The van der Waals surface area contributed by atoms with E-state index < -0.39 is 0 Å². The monoisotopic (exact) mass is 212 g/mol. The summed E-state index contributed by atoms with van der Waals surface area (Å²) in [6, 6.07) is 9.59. The van der Waals surface area contributed by atoms with Crippen LogP contribution in [0.3, 0.4) is 0 Å². The first-order chi connectivity index (χ1) is 7.88. The van der Waals surface area contributed by atoms with Crippen molar-refractivity contribution in [2.75, 3.05) is 0 Å². The lowest BCUT2D eigenvalue weighted by Crippen LogP contribution is -2.01. The smallest absolute Gasteiger partial charge is 0.150 e. The molecular weight excluding hydrogens is 200 g/mol. The van der Waals surface area contributed by atoms with Crippen molar-refractivity contribution in [1.29, 1.82) is 0 Å². The summed E-state index contributed by atoms with van der Waals surface area (Å²) < 4.78 is 1.94. The molecule has 3 heteroatoms. The number of hydrogen-bond donors (Lipinski definition) is 0. The van der Waals surface area contributed by atoms with Gasteiger partial charge in [0.05, 0.1) is 5.69 Å². The highest BCUT2D eigenvalue weighted by atomic mass is 16.1. The summed E-state index contributed by atoms with van der Waals surface area (Å²) in [4.78, 5) is 10.7. The standard InChI is InChI=1S/C13H12N2O/c16-9-10-2-1-3-12(8-10)15-13(6-7-14-15)11-4-5-11/h1-3,6-9,11H,4-5H2. The van der Waals surface area contributed by atoms with Crippen molar-refractivity contribution in [3.05, 3.63) is 47.8 Å². The molecule has 0 saturated heterocycles. The van der Waals surface area contributed by atoms with E-state index >= 15 is 0 Å². The summed E-state index contributed by atoms with van der Waals surface area (Å²) in [6.07, 6.45) is 5.18. The molecule has 0 atom stereocenters. The second-order valence-corrected chi connectivity index (χ2v) is 4.15. The van der Waals surface area contributed by atoms with Gasteiger partial charge >= 0.3 is 0 Å². The minimum absolute atomic E-state index is 0.655. The van der Waals surface area contributed by atoms with E-state index in [0.29, 0.717) is 11.5 Å². The Kier molecular flexibility index (Phi) is 2.10. The normalized spacial score (nSPS) is 15.0. The van der Waals surface area contributed by atoms with Crippen LogP contribution in [0.4, 0.5) is 0 Å². The zero-order valence-electron chi connectivity index (χ0n) is 8.84. The predicted molar refractivity (Wildman–Crippen MR) is 60.9 cm³/mol. The molecule has 0 unspecified atom stereocenters. The Hall–Kier alpha value is -1.90. The van der Waals surface area contributed by atoms with Gasteiger partial charge in [0.25, 0.3) is 0 Å². The van der Waals surface area contributed by atoms with E-state index in [1.54, 1.807) is 6.07 Å². The van der Waals surface area contributed by atoms with Crippen LogP contribution in [-0.2, 0) is 0 Å². The lowest BCUT2D eigenvalue weighted by Gasteiger charge is -2.06. The molecule has 1 fully saturated rings. The van der Waals surface area contributed by atoms with E-state index in [-0.39, 0.29) is 0 Å². The van der Waals surface area contributed by atoms with Crippen LogP contribution >= 0.6 is 0 Å². The third-order valence-corrected chi connectivity index (χ3v) is 2.92. The lowest BCUT2D eigenvalue weighted by molar-refractivity contribution is 0.112. The van der Waals surface area contributed by atoms with Gasteiger partial charge in [-0.05, 0) is 31.0 Å². The Bertz CT molecular complexity index is 526. The fraction of sp³-hybridized carbons (Fsp3) is 0.231. The molecule has 80 valence electrons. The molecule has 16 heavy (non-hydrogen) atoms. The van der Waals surface area contributed by atoms with Crippen molar-refractivity contribution in [2.24, 2.45) is 0 Å². The maximum absolute atomic E-state index is 10.7. The number of nitrogens with zero attached hydrogens (tertiary/aromatic N) is 2. The molecule has 0 N–H and O–H groups in total. The molecule has 0 amide bonds. The minimum atomic E-state index is 0.655. The van der Waals surface area contributed by atoms with Crippen LogP contribution in [0.15, 0.2) is 36.5 Å². The fourth-order valence-electron chi connectivity index (χ4n) is 1.95. The highest BCUT2D eigenvalue weighted by Gasteiger charge is 2.27. The van der Waals surface area contributed by atoms with E-state index in [9.17, 15) is 4.79 Å². The summed E-state index contributed by atoms with van der Waals surface area (Å²) in [5.41, 5.74) is 2.91. The molecule has 2 aromatic rings. The molecule has 1 heterocycles. The van der Waals surface area contributed by atoms with Gasteiger partial charge in [0, 0.05) is 23.4 Å². The average molecular weight is 212 g/mol. The van der Waals surface area contributed by atoms with Gasteiger partial charge in [-0.2, -0.15) is 5.10 Å². The second kappa shape index (κ2) is 3.59. The van der Waals surface area contributed by atoms with Crippen molar-refractivity contribution in [3.8, 4) is 5.69 Å². The fourth-order valence-corrected chi connectivity index (χ4v) is 1.95. The van der Waals surface area contributed by atoms with Gasteiger partial charge in [0.2, 0.25) is 0 Å². The topological polar surface area (TPSA) is 34.9 Å². The molecule has 3 nitrogen and oxygen atoms in total. The summed E-state index contributed by atoms with van der Waals surface area (Å²) in [7, 11) is 0. The van der Waals surface area contributed by atoms with Crippen LogP contribution in [0.1, 0.15) is 34.8 Å². The molecule has 1 aromatic heterocycles. The Labute approximate surface area is 93.7 Å². The minimum Gasteiger partial charge on any atom is -0.298 e. The zero-order valence-corrected chi connectivity index (χ0v) is 8.84. The molecule has 1 aliphatic rings. The first-order valence-electron chi connectivity index (χ1n) is 5.48. The third-order valence-electron chi connectivity index (χ3n) is 2.92. The Morgan fingerprint density at radius 1 is 1.31 bits per heavy atom. The van der Waals surface area contributed by atoms with Crippen LogP contribution in [-0.4, -0.2) is 16.1 Å². The Morgan fingerprint density at radius 3 is 2.94 bits per heavy atom. The number of aldehydes is 1. The number of aromatic nitrogens is 2. The van der Waals surface area contributed by atoms with Crippen molar-refractivity contribution in [3.63, 3.8) is 0 Å².